The second kappa shape index (κ2) is 9.22. The van der Waals surface area contributed by atoms with Gasteiger partial charge in [0, 0.05) is 0 Å². The van der Waals surface area contributed by atoms with E-state index in [0.717, 1.165) is 0 Å². The zero-order valence-electron chi connectivity index (χ0n) is 14.2. The number of nitrogens with zero attached hydrogens (tertiary/aromatic N) is 1. The molecule has 2 amide bonds. The highest BCUT2D eigenvalue weighted by Gasteiger charge is 2.34. The van der Waals surface area contributed by atoms with Crippen LogP contribution in [0, 0.1) is 0 Å². The van der Waals surface area contributed by atoms with Gasteiger partial charge in [-0.3, -0.25) is 0 Å². The van der Waals surface area contributed by atoms with Crippen molar-refractivity contribution in [3.8, 4) is 0 Å². The van der Waals surface area contributed by atoms with Gasteiger partial charge in [0.2, 0.25) is 0 Å². The van der Waals surface area contributed by atoms with E-state index in [4.69, 9.17) is 14.6 Å². The number of benzene rings is 2. The number of hydrogen-bond donors (Lipinski definition) is 1. The van der Waals surface area contributed by atoms with Crippen LogP contribution in [0.4, 0.5) is 9.59 Å². The average Bonchev–Trinajstić information content (AvgIpc) is 2.66. The van der Waals surface area contributed by atoms with Crippen molar-refractivity contribution < 1.29 is 29.0 Å². The molecule has 2 aromatic carbocycles. The van der Waals surface area contributed by atoms with Crippen molar-refractivity contribution in [2.45, 2.75) is 26.2 Å². The highest BCUT2D eigenvalue weighted by Crippen LogP contribution is 2.11. The maximum atomic E-state index is 12.3. The van der Waals surface area contributed by atoms with Crippen molar-refractivity contribution >= 4 is 18.2 Å². The summed E-state index contributed by atoms with van der Waals surface area (Å²) in [6.07, 6.45) is -2.16. The molecule has 2 aromatic rings. The smallest absolute Gasteiger partial charge is 0.420 e. The number of carbonyl (C=O) groups is 3. The first-order chi connectivity index (χ1) is 12.5. The van der Waals surface area contributed by atoms with Crippen LogP contribution < -0.4 is 0 Å². The zero-order chi connectivity index (χ0) is 18.9. The molecular formula is C19H19NO6. The molecule has 0 unspecified atom stereocenters. The molecule has 0 aliphatic rings. The molecule has 1 atom stereocenters. The summed E-state index contributed by atoms with van der Waals surface area (Å²) in [5.74, 6) is -1.35. The van der Waals surface area contributed by atoms with Crippen LogP contribution >= 0.6 is 0 Å². The van der Waals surface area contributed by atoms with E-state index in [1.807, 2.05) is 12.1 Å². The summed E-state index contributed by atoms with van der Waals surface area (Å²) in [5.41, 5.74) is 1.42. The Bertz CT molecular complexity index is 692. The Hall–Kier alpha value is -3.35. The van der Waals surface area contributed by atoms with Crippen molar-refractivity contribution in [3.05, 3.63) is 71.8 Å². The monoisotopic (exact) mass is 357 g/mol. The Morgan fingerprint density at radius 1 is 0.846 bits per heavy atom. The number of imide groups is 1. The van der Waals surface area contributed by atoms with Crippen molar-refractivity contribution in [1.82, 2.24) is 4.90 Å². The first-order valence-electron chi connectivity index (χ1n) is 7.92. The number of ether oxygens (including phenoxy) is 2. The Labute approximate surface area is 150 Å². The highest BCUT2D eigenvalue weighted by atomic mass is 16.6. The van der Waals surface area contributed by atoms with E-state index in [1.165, 1.54) is 6.92 Å². The van der Waals surface area contributed by atoms with Crippen LogP contribution in [0.3, 0.4) is 0 Å². The molecule has 0 aliphatic carbocycles. The second-order valence-corrected chi connectivity index (χ2v) is 5.46. The van der Waals surface area contributed by atoms with Gasteiger partial charge in [-0.1, -0.05) is 60.7 Å². The Kier molecular flexibility index (Phi) is 6.73. The summed E-state index contributed by atoms with van der Waals surface area (Å²) in [6.45, 7) is 1.03. The predicted molar refractivity (Wildman–Crippen MR) is 92.2 cm³/mol. The molecule has 7 nitrogen and oxygen atoms in total. The van der Waals surface area contributed by atoms with E-state index in [9.17, 15) is 14.4 Å². The quantitative estimate of drug-likeness (QED) is 0.851. The van der Waals surface area contributed by atoms with Gasteiger partial charge in [0.1, 0.15) is 19.3 Å². The lowest BCUT2D eigenvalue weighted by Crippen LogP contribution is -2.47. The fourth-order valence-electron chi connectivity index (χ4n) is 2.08. The molecule has 0 saturated carbocycles. The largest absolute Gasteiger partial charge is 0.480 e. The molecule has 7 heteroatoms. The summed E-state index contributed by atoms with van der Waals surface area (Å²) >= 11 is 0. The maximum Gasteiger partial charge on any atom is 0.420 e. The number of rotatable bonds is 6. The van der Waals surface area contributed by atoms with E-state index >= 15 is 0 Å². The number of carboxylic acids is 1. The van der Waals surface area contributed by atoms with Crippen LogP contribution in [-0.2, 0) is 27.5 Å². The predicted octanol–water partition coefficient (Wildman–Crippen LogP) is 3.44. The number of hydrogen-bond acceptors (Lipinski definition) is 5. The zero-order valence-corrected chi connectivity index (χ0v) is 14.2. The van der Waals surface area contributed by atoms with Gasteiger partial charge < -0.3 is 14.6 Å². The lowest BCUT2D eigenvalue weighted by molar-refractivity contribution is -0.141. The standard InChI is InChI=1S/C19H19NO6/c1-14(17(21)22)20(18(23)25-12-15-8-4-2-5-9-15)19(24)26-13-16-10-6-3-7-11-16/h2-11,14H,12-13H2,1H3,(H,21,22)/t14-/m0/s1. The first kappa shape index (κ1) is 19.0. The third kappa shape index (κ3) is 5.34. The molecule has 0 aromatic heterocycles. The van der Waals surface area contributed by atoms with E-state index in [1.54, 1.807) is 48.5 Å². The van der Waals surface area contributed by atoms with Crippen molar-refractivity contribution in [3.63, 3.8) is 0 Å². The molecule has 0 heterocycles. The summed E-state index contributed by atoms with van der Waals surface area (Å²) in [5, 5.41) is 9.16. The van der Waals surface area contributed by atoms with E-state index < -0.39 is 24.2 Å². The SMILES string of the molecule is C[C@@H](C(=O)O)N(C(=O)OCc1ccccc1)C(=O)OCc1ccccc1. The fourth-order valence-corrected chi connectivity index (χ4v) is 2.08. The van der Waals surface area contributed by atoms with Crippen LogP contribution in [-0.4, -0.2) is 34.2 Å². The lowest BCUT2D eigenvalue weighted by Gasteiger charge is -2.23. The summed E-state index contributed by atoms with van der Waals surface area (Å²) in [4.78, 5) is 36.2. The van der Waals surface area contributed by atoms with Gasteiger partial charge in [0.15, 0.2) is 0 Å². The second-order valence-electron chi connectivity index (χ2n) is 5.46. The van der Waals surface area contributed by atoms with Gasteiger partial charge in [-0.15, -0.1) is 0 Å². The van der Waals surface area contributed by atoms with Gasteiger partial charge in [0.05, 0.1) is 0 Å². The van der Waals surface area contributed by atoms with E-state index in [0.29, 0.717) is 16.0 Å². The molecule has 0 saturated heterocycles. The summed E-state index contributed by atoms with van der Waals surface area (Å²) in [7, 11) is 0. The minimum Gasteiger partial charge on any atom is -0.480 e. The number of aliphatic carboxylic acids is 1. The molecule has 0 fully saturated rings. The van der Waals surface area contributed by atoms with E-state index in [2.05, 4.69) is 0 Å². The Balaban J connectivity index is 2.03. The molecule has 1 N–H and O–H groups in total. The fraction of sp³-hybridized carbons (Fsp3) is 0.211. The third-order valence-electron chi connectivity index (χ3n) is 3.55. The van der Waals surface area contributed by atoms with Crippen molar-refractivity contribution in [2.24, 2.45) is 0 Å². The molecule has 0 spiro atoms. The van der Waals surface area contributed by atoms with Gasteiger partial charge >= 0.3 is 18.2 Å². The minimum absolute atomic E-state index is 0.0888. The summed E-state index contributed by atoms with van der Waals surface area (Å²) < 4.78 is 10.1. The van der Waals surface area contributed by atoms with Gasteiger partial charge in [0.25, 0.3) is 0 Å². The Morgan fingerprint density at radius 2 is 1.23 bits per heavy atom. The molecule has 0 radical (unpaired) electrons. The normalized spacial score (nSPS) is 11.3. The molecule has 26 heavy (non-hydrogen) atoms. The van der Waals surface area contributed by atoms with Crippen LogP contribution in [0.25, 0.3) is 0 Å². The molecule has 0 bridgehead atoms. The molecule has 2 rings (SSSR count). The van der Waals surface area contributed by atoms with Gasteiger partial charge in [-0.2, -0.15) is 4.90 Å². The van der Waals surface area contributed by atoms with Crippen LogP contribution in [0.5, 0.6) is 0 Å². The van der Waals surface area contributed by atoms with Crippen LogP contribution in [0.2, 0.25) is 0 Å². The Morgan fingerprint density at radius 3 is 1.58 bits per heavy atom. The van der Waals surface area contributed by atoms with E-state index in [-0.39, 0.29) is 13.2 Å². The van der Waals surface area contributed by atoms with Crippen molar-refractivity contribution in [2.75, 3.05) is 0 Å². The highest BCUT2D eigenvalue weighted by molar-refractivity contribution is 5.93. The summed E-state index contributed by atoms with van der Waals surface area (Å²) in [6, 6.07) is 16.3. The van der Waals surface area contributed by atoms with Crippen molar-refractivity contribution in [1.29, 1.82) is 0 Å². The minimum atomic E-state index is -1.43. The average molecular weight is 357 g/mol. The topological polar surface area (TPSA) is 93.1 Å². The number of carbonyl (C=O) groups excluding carboxylic acids is 2. The maximum absolute atomic E-state index is 12.3. The molecular weight excluding hydrogens is 338 g/mol. The van der Waals surface area contributed by atoms with Crippen LogP contribution in [0.1, 0.15) is 18.1 Å². The van der Waals surface area contributed by atoms with Gasteiger partial charge in [-0.05, 0) is 18.1 Å². The lowest BCUT2D eigenvalue weighted by atomic mass is 10.2. The molecule has 136 valence electrons. The molecule has 0 aliphatic heterocycles. The third-order valence-corrected chi connectivity index (χ3v) is 3.55. The first-order valence-corrected chi connectivity index (χ1v) is 7.92. The number of carboxylic acid groups (broad SMARTS) is 1. The van der Waals surface area contributed by atoms with Crippen LogP contribution in [0.15, 0.2) is 60.7 Å². The van der Waals surface area contributed by atoms with Gasteiger partial charge in [-0.25, -0.2) is 14.4 Å². The number of amides is 2.